The number of rotatable bonds is 5. The maximum absolute atomic E-state index is 12.5. The van der Waals surface area contributed by atoms with Crippen molar-refractivity contribution in [3.05, 3.63) is 47.8 Å². The summed E-state index contributed by atoms with van der Waals surface area (Å²) in [7, 11) is 0. The van der Waals surface area contributed by atoms with E-state index in [1.165, 1.54) is 0 Å². The van der Waals surface area contributed by atoms with Gasteiger partial charge >= 0.3 is 0 Å². The molecule has 0 saturated carbocycles. The van der Waals surface area contributed by atoms with Crippen LogP contribution < -0.4 is 11.1 Å². The number of nitrogens with zero attached hydrogens (tertiary/aromatic N) is 2. The highest BCUT2D eigenvalue weighted by atomic mass is 16.5. The normalized spacial score (nSPS) is 16.8. The second-order valence-electron chi connectivity index (χ2n) is 6.93. The molecule has 2 aromatic rings. The minimum absolute atomic E-state index is 0.113. The van der Waals surface area contributed by atoms with Crippen molar-refractivity contribution in [1.29, 1.82) is 0 Å². The van der Waals surface area contributed by atoms with Crippen LogP contribution in [0.3, 0.4) is 0 Å². The molecule has 1 fully saturated rings. The molecule has 134 valence electrons. The van der Waals surface area contributed by atoms with Gasteiger partial charge in [-0.15, -0.1) is 0 Å². The standard InChI is InChI=1S/C19H26N4O2/c1-14(2)17-15(13-23(22-17)16-6-4-3-5-7-16)12-21-18(24)19(20)8-10-25-11-9-19/h3-7,13-14H,8-12,20H2,1-2H3,(H,21,24). The molecule has 0 bridgehead atoms. The summed E-state index contributed by atoms with van der Waals surface area (Å²) in [5.41, 5.74) is 8.43. The Morgan fingerprint density at radius 3 is 2.64 bits per heavy atom. The van der Waals surface area contributed by atoms with Crippen molar-refractivity contribution in [3.8, 4) is 5.69 Å². The van der Waals surface area contributed by atoms with Crippen LogP contribution >= 0.6 is 0 Å². The van der Waals surface area contributed by atoms with Crippen molar-refractivity contribution in [3.63, 3.8) is 0 Å². The highest BCUT2D eigenvalue weighted by Crippen LogP contribution is 2.21. The summed E-state index contributed by atoms with van der Waals surface area (Å²) >= 11 is 0. The lowest BCUT2D eigenvalue weighted by Crippen LogP contribution is -2.56. The second-order valence-corrected chi connectivity index (χ2v) is 6.93. The predicted octanol–water partition coefficient (Wildman–Crippen LogP) is 2.12. The van der Waals surface area contributed by atoms with Gasteiger partial charge in [-0.25, -0.2) is 4.68 Å². The molecule has 0 spiro atoms. The monoisotopic (exact) mass is 342 g/mol. The first-order chi connectivity index (χ1) is 12.0. The SMILES string of the molecule is CC(C)c1nn(-c2ccccc2)cc1CNC(=O)C1(N)CCOCC1. The Balaban J connectivity index is 1.75. The number of aromatic nitrogens is 2. The quantitative estimate of drug-likeness (QED) is 0.872. The molecule has 0 atom stereocenters. The highest BCUT2D eigenvalue weighted by molar-refractivity contribution is 5.86. The molecule has 3 N–H and O–H groups in total. The molecule has 25 heavy (non-hydrogen) atoms. The molecule has 6 nitrogen and oxygen atoms in total. The van der Waals surface area contributed by atoms with Crippen molar-refractivity contribution < 1.29 is 9.53 Å². The van der Waals surface area contributed by atoms with E-state index in [0.29, 0.717) is 32.6 Å². The van der Waals surface area contributed by atoms with E-state index in [1.54, 1.807) is 0 Å². The van der Waals surface area contributed by atoms with E-state index in [2.05, 4.69) is 19.2 Å². The minimum Gasteiger partial charge on any atom is -0.381 e. The molecule has 1 aromatic carbocycles. The summed E-state index contributed by atoms with van der Waals surface area (Å²) in [6.07, 6.45) is 3.09. The molecule has 1 aromatic heterocycles. The molecule has 2 heterocycles. The first kappa shape index (κ1) is 17.6. The van der Waals surface area contributed by atoms with Crippen LogP contribution in [-0.2, 0) is 16.1 Å². The molecule has 1 aliphatic heterocycles. The number of nitrogens with two attached hydrogens (primary N) is 1. The molecule has 6 heteroatoms. The maximum Gasteiger partial charge on any atom is 0.240 e. The Hall–Kier alpha value is -2.18. The lowest BCUT2D eigenvalue weighted by molar-refractivity contribution is -0.129. The van der Waals surface area contributed by atoms with Crippen molar-refractivity contribution >= 4 is 5.91 Å². The van der Waals surface area contributed by atoms with Crippen LogP contribution in [0.1, 0.15) is 43.9 Å². The number of nitrogens with one attached hydrogen (secondary N) is 1. The topological polar surface area (TPSA) is 82.2 Å². The van der Waals surface area contributed by atoms with E-state index in [9.17, 15) is 4.79 Å². The van der Waals surface area contributed by atoms with Crippen molar-refractivity contribution in [2.45, 2.75) is 44.7 Å². The fourth-order valence-corrected chi connectivity index (χ4v) is 3.07. The fourth-order valence-electron chi connectivity index (χ4n) is 3.07. The van der Waals surface area contributed by atoms with Gasteiger partial charge in [0.05, 0.1) is 16.9 Å². The minimum atomic E-state index is -0.828. The predicted molar refractivity (Wildman–Crippen MR) is 96.5 cm³/mol. The number of carbonyl (C=O) groups excluding carboxylic acids is 1. The molecular formula is C19H26N4O2. The van der Waals surface area contributed by atoms with Crippen LogP contribution in [-0.4, -0.2) is 34.4 Å². The third-order valence-corrected chi connectivity index (χ3v) is 4.67. The van der Waals surface area contributed by atoms with Gasteiger partial charge in [0.2, 0.25) is 5.91 Å². The third kappa shape index (κ3) is 3.91. The molecule has 0 unspecified atom stereocenters. The summed E-state index contributed by atoms with van der Waals surface area (Å²) in [6.45, 7) is 5.71. The van der Waals surface area contributed by atoms with Gasteiger partial charge < -0.3 is 15.8 Å². The van der Waals surface area contributed by atoms with Gasteiger partial charge in [-0.2, -0.15) is 5.10 Å². The number of hydrogen-bond acceptors (Lipinski definition) is 4. The van der Waals surface area contributed by atoms with Crippen LogP contribution in [0.2, 0.25) is 0 Å². The Morgan fingerprint density at radius 2 is 2.00 bits per heavy atom. The first-order valence-electron chi connectivity index (χ1n) is 8.78. The Bertz CT molecular complexity index is 718. The van der Waals surface area contributed by atoms with Crippen molar-refractivity contribution in [1.82, 2.24) is 15.1 Å². The number of hydrogen-bond donors (Lipinski definition) is 2. The average Bonchev–Trinajstić information content (AvgIpc) is 3.05. The Morgan fingerprint density at radius 1 is 1.32 bits per heavy atom. The number of para-hydroxylation sites is 1. The van der Waals surface area contributed by atoms with Gasteiger partial charge in [0, 0.05) is 31.5 Å². The van der Waals surface area contributed by atoms with E-state index in [0.717, 1.165) is 16.9 Å². The molecule has 1 saturated heterocycles. The fraction of sp³-hybridized carbons (Fsp3) is 0.474. The van der Waals surface area contributed by atoms with Crippen LogP contribution in [0.4, 0.5) is 0 Å². The number of benzene rings is 1. The third-order valence-electron chi connectivity index (χ3n) is 4.67. The number of amides is 1. The zero-order valence-electron chi connectivity index (χ0n) is 14.9. The van der Waals surface area contributed by atoms with Crippen LogP contribution in [0.5, 0.6) is 0 Å². The van der Waals surface area contributed by atoms with Gasteiger partial charge in [-0.3, -0.25) is 4.79 Å². The Kier molecular flexibility index (Phi) is 5.20. The smallest absolute Gasteiger partial charge is 0.240 e. The van der Waals surface area contributed by atoms with Crippen LogP contribution in [0.25, 0.3) is 5.69 Å². The van der Waals surface area contributed by atoms with E-state index < -0.39 is 5.54 Å². The zero-order valence-corrected chi connectivity index (χ0v) is 14.9. The maximum atomic E-state index is 12.5. The zero-order chi connectivity index (χ0) is 17.9. The van der Waals surface area contributed by atoms with Crippen molar-refractivity contribution in [2.75, 3.05) is 13.2 Å². The van der Waals surface area contributed by atoms with E-state index in [-0.39, 0.29) is 11.8 Å². The largest absolute Gasteiger partial charge is 0.381 e. The van der Waals surface area contributed by atoms with E-state index in [1.807, 2.05) is 41.2 Å². The summed E-state index contributed by atoms with van der Waals surface area (Å²) in [4.78, 5) is 12.5. The van der Waals surface area contributed by atoms with E-state index in [4.69, 9.17) is 15.6 Å². The molecule has 0 radical (unpaired) electrons. The summed E-state index contributed by atoms with van der Waals surface area (Å²) in [5, 5.41) is 7.70. The number of carbonyl (C=O) groups is 1. The van der Waals surface area contributed by atoms with Crippen LogP contribution in [0, 0.1) is 0 Å². The lowest BCUT2D eigenvalue weighted by atomic mass is 9.90. The number of ether oxygens (including phenoxy) is 1. The highest BCUT2D eigenvalue weighted by Gasteiger charge is 2.35. The van der Waals surface area contributed by atoms with Crippen molar-refractivity contribution in [2.24, 2.45) is 5.73 Å². The molecule has 0 aliphatic carbocycles. The Labute approximate surface area is 148 Å². The molecule has 1 aliphatic rings. The van der Waals surface area contributed by atoms with Crippen LogP contribution in [0.15, 0.2) is 36.5 Å². The first-order valence-corrected chi connectivity index (χ1v) is 8.78. The molecule has 3 rings (SSSR count). The average molecular weight is 342 g/mol. The second kappa shape index (κ2) is 7.37. The van der Waals surface area contributed by atoms with Gasteiger partial charge in [0.1, 0.15) is 0 Å². The summed E-state index contributed by atoms with van der Waals surface area (Å²) < 4.78 is 7.17. The van der Waals surface area contributed by atoms with E-state index >= 15 is 0 Å². The van der Waals surface area contributed by atoms with Gasteiger partial charge in [-0.1, -0.05) is 32.0 Å². The summed E-state index contributed by atoms with van der Waals surface area (Å²) in [5.74, 6) is 0.157. The summed E-state index contributed by atoms with van der Waals surface area (Å²) in [6, 6.07) is 9.96. The van der Waals surface area contributed by atoms with Gasteiger partial charge in [0.15, 0.2) is 0 Å². The molecular weight excluding hydrogens is 316 g/mol. The molecule has 1 amide bonds. The van der Waals surface area contributed by atoms with Gasteiger partial charge in [0.25, 0.3) is 0 Å². The van der Waals surface area contributed by atoms with Gasteiger partial charge in [-0.05, 0) is 30.9 Å². The lowest BCUT2D eigenvalue weighted by Gasteiger charge is -2.31.